The van der Waals surface area contributed by atoms with E-state index in [-0.39, 0.29) is 42.6 Å². The summed E-state index contributed by atoms with van der Waals surface area (Å²) in [7, 11) is 0. The van der Waals surface area contributed by atoms with E-state index in [4.69, 9.17) is 5.73 Å². The van der Waals surface area contributed by atoms with Crippen LogP contribution in [0.4, 0.5) is 4.39 Å². The number of halogens is 2. The first-order chi connectivity index (χ1) is 7.90. The van der Waals surface area contributed by atoms with Crippen molar-refractivity contribution >= 4 is 18.3 Å². The van der Waals surface area contributed by atoms with Crippen LogP contribution in [0.5, 0.6) is 0 Å². The van der Waals surface area contributed by atoms with Crippen molar-refractivity contribution in [3.63, 3.8) is 0 Å². The fraction of sp³-hybridized carbons (Fsp3) is 0.462. The van der Waals surface area contributed by atoms with Gasteiger partial charge in [0.15, 0.2) is 0 Å². The lowest BCUT2D eigenvalue weighted by Crippen LogP contribution is -2.31. The predicted octanol–water partition coefficient (Wildman–Crippen LogP) is 2.47. The Labute approximate surface area is 113 Å². The van der Waals surface area contributed by atoms with E-state index in [0.29, 0.717) is 5.56 Å². The molecule has 102 valence electrons. The molecule has 0 radical (unpaired) electrons. The first-order valence-corrected chi connectivity index (χ1v) is 5.71. The lowest BCUT2D eigenvalue weighted by atomic mass is 10.1. The standard InChI is InChI=1S/C13H19FN2O.ClH/c1-8-4-5-11(7-12(8)14)10(3)16-13(17)6-9(2)15;/h4-5,7,9-10H,6,15H2,1-3H3,(H,16,17);1H. The summed E-state index contributed by atoms with van der Waals surface area (Å²) in [5.41, 5.74) is 6.89. The molecule has 5 heteroatoms. The maximum atomic E-state index is 13.4. The molecule has 1 aromatic carbocycles. The van der Waals surface area contributed by atoms with Crippen LogP contribution in [-0.4, -0.2) is 11.9 Å². The maximum absolute atomic E-state index is 13.4. The van der Waals surface area contributed by atoms with Gasteiger partial charge in [-0.15, -0.1) is 12.4 Å². The van der Waals surface area contributed by atoms with Gasteiger partial charge in [-0.3, -0.25) is 4.79 Å². The second kappa shape index (κ2) is 7.34. The van der Waals surface area contributed by atoms with Gasteiger partial charge in [0.2, 0.25) is 5.91 Å². The summed E-state index contributed by atoms with van der Waals surface area (Å²) >= 11 is 0. The van der Waals surface area contributed by atoms with Gasteiger partial charge in [-0.2, -0.15) is 0 Å². The van der Waals surface area contributed by atoms with Crippen LogP contribution in [0, 0.1) is 12.7 Å². The molecule has 1 aromatic rings. The largest absolute Gasteiger partial charge is 0.350 e. The van der Waals surface area contributed by atoms with E-state index in [2.05, 4.69) is 5.32 Å². The van der Waals surface area contributed by atoms with Gasteiger partial charge >= 0.3 is 0 Å². The molecular weight excluding hydrogens is 255 g/mol. The highest BCUT2D eigenvalue weighted by atomic mass is 35.5. The van der Waals surface area contributed by atoms with Gasteiger partial charge in [0.1, 0.15) is 5.82 Å². The summed E-state index contributed by atoms with van der Waals surface area (Å²) in [6.45, 7) is 5.30. The van der Waals surface area contributed by atoms with Gasteiger partial charge in [0.25, 0.3) is 0 Å². The molecule has 18 heavy (non-hydrogen) atoms. The molecule has 0 bridgehead atoms. The third-order valence-electron chi connectivity index (χ3n) is 2.58. The van der Waals surface area contributed by atoms with E-state index in [1.54, 1.807) is 19.9 Å². The van der Waals surface area contributed by atoms with Crippen molar-refractivity contribution in [2.75, 3.05) is 0 Å². The van der Waals surface area contributed by atoms with Crippen LogP contribution in [0.1, 0.15) is 37.4 Å². The lowest BCUT2D eigenvalue weighted by Gasteiger charge is -2.15. The number of benzene rings is 1. The van der Waals surface area contributed by atoms with Crippen LogP contribution in [0.3, 0.4) is 0 Å². The number of carbonyl (C=O) groups is 1. The number of hydrogen-bond acceptors (Lipinski definition) is 2. The highest BCUT2D eigenvalue weighted by molar-refractivity contribution is 5.85. The molecule has 0 saturated carbocycles. The van der Waals surface area contributed by atoms with Crippen LogP contribution in [0.25, 0.3) is 0 Å². The number of rotatable bonds is 4. The van der Waals surface area contributed by atoms with Gasteiger partial charge in [-0.05, 0) is 38.0 Å². The highest BCUT2D eigenvalue weighted by Gasteiger charge is 2.12. The van der Waals surface area contributed by atoms with Crippen LogP contribution in [0.2, 0.25) is 0 Å². The van der Waals surface area contributed by atoms with Gasteiger partial charge in [0, 0.05) is 12.5 Å². The summed E-state index contributed by atoms with van der Waals surface area (Å²) in [5.74, 6) is -0.371. The molecule has 2 atom stereocenters. The zero-order valence-electron chi connectivity index (χ0n) is 10.9. The minimum Gasteiger partial charge on any atom is -0.350 e. The zero-order valence-corrected chi connectivity index (χ0v) is 11.7. The smallest absolute Gasteiger partial charge is 0.222 e. The third kappa shape index (κ3) is 5.02. The van der Waals surface area contributed by atoms with E-state index in [1.165, 1.54) is 6.07 Å². The quantitative estimate of drug-likeness (QED) is 0.886. The molecule has 1 rings (SSSR count). The Morgan fingerprint density at radius 1 is 1.44 bits per heavy atom. The Morgan fingerprint density at radius 2 is 2.06 bits per heavy atom. The van der Waals surface area contributed by atoms with Crippen molar-refractivity contribution in [2.45, 2.75) is 39.3 Å². The van der Waals surface area contributed by atoms with Crippen molar-refractivity contribution in [3.05, 3.63) is 35.1 Å². The number of aryl methyl sites for hydroxylation is 1. The number of nitrogens with one attached hydrogen (secondary N) is 1. The van der Waals surface area contributed by atoms with Gasteiger partial charge < -0.3 is 11.1 Å². The normalized spacial score (nSPS) is 13.4. The van der Waals surface area contributed by atoms with Gasteiger partial charge in [0.05, 0.1) is 6.04 Å². The van der Waals surface area contributed by atoms with E-state index in [0.717, 1.165) is 5.56 Å². The second-order valence-corrected chi connectivity index (χ2v) is 4.48. The van der Waals surface area contributed by atoms with Crippen molar-refractivity contribution < 1.29 is 9.18 Å². The molecule has 0 heterocycles. The van der Waals surface area contributed by atoms with E-state index in [1.807, 2.05) is 13.0 Å². The second-order valence-electron chi connectivity index (χ2n) is 4.48. The molecule has 0 spiro atoms. The molecule has 0 aliphatic carbocycles. The fourth-order valence-electron chi connectivity index (χ4n) is 1.55. The number of amides is 1. The average Bonchev–Trinajstić information content (AvgIpc) is 2.20. The van der Waals surface area contributed by atoms with E-state index in [9.17, 15) is 9.18 Å². The molecule has 0 aliphatic rings. The lowest BCUT2D eigenvalue weighted by molar-refractivity contribution is -0.122. The molecule has 0 aromatic heterocycles. The minimum absolute atomic E-state index is 0. The first-order valence-electron chi connectivity index (χ1n) is 5.71. The van der Waals surface area contributed by atoms with Crippen LogP contribution in [-0.2, 0) is 4.79 Å². The van der Waals surface area contributed by atoms with Crippen molar-refractivity contribution in [1.29, 1.82) is 0 Å². The maximum Gasteiger partial charge on any atom is 0.222 e. The molecule has 0 saturated heterocycles. The predicted molar refractivity (Wildman–Crippen MR) is 73.2 cm³/mol. The van der Waals surface area contributed by atoms with Crippen molar-refractivity contribution in [3.8, 4) is 0 Å². The van der Waals surface area contributed by atoms with Gasteiger partial charge in [-0.25, -0.2) is 4.39 Å². The van der Waals surface area contributed by atoms with Crippen molar-refractivity contribution in [1.82, 2.24) is 5.32 Å². The fourth-order valence-corrected chi connectivity index (χ4v) is 1.55. The molecule has 3 nitrogen and oxygen atoms in total. The Bertz CT molecular complexity index is 410. The molecule has 0 aliphatic heterocycles. The summed E-state index contributed by atoms with van der Waals surface area (Å²) in [6.07, 6.45) is 0.276. The molecule has 3 N–H and O–H groups in total. The van der Waals surface area contributed by atoms with E-state index >= 15 is 0 Å². The number of hydrogen-bond donors (Lipinski definition) is 2. The average molecular weight is 275 g/mol. The van der Waals surface area contributed by atoms with Gasteiger partial charge in [-0.1, -0.05) is 12.1 Å². The summed E-state index contributed by atoms with van der Waals surface area (Å²) < 4.78 is 13.4. The Kier molecular flexibility index (Phi) is 6.88. The third-order valence-corrected chi connectivity index (χ3v) is 2.58. The van der Waals surface area contributed by atoms with Crippen molar-refractivity contribution in [2.24, 2.45) is 5.73 Å². The first kappa shape index (κ1) is 16.9. The number of nitrogens with two attached hydrogens (primary N) is 1. The van der Waals surface area contributed by atoms with Crippen LogP contribution >= 0.6 is 12.4 Å². The summed E-state index contributed by atoms with van der Waals surface area (Å²) in [4.78, 5) is 11.5. The van der Waals surface area contributed by atoms with Crippen LogP contribution in [0.15, 0.2) is 18.2 Å². The minimum atomic E-state index is -0.254. The Hall–Kier alpha value is -1.13. The molecule has 1 amide bonds. The van der Waals surface area contributed by atoms with Crippen LogP contribution < -0.4 is 11.1 Å². The topological polar surface area (TPSA) is 55.1 Å². The molecule has 2 unspecified atom stereocenters. The Balaban J connectivity index is 0.00000289. The number of carbonyl (C=O) groups excluding carboxylic acids is 1. The molecule has 0 fully saturated rings. The molecular formula is C13H20ClFN2O. The highest BCUT2D eigenvalue weighted by Crippen LogP contribution is 2.16. The summed E-state index contributed by atoms with van der Waals surface area (Å²) in [6, 6.07) is 4.59. The van der Waals surface area contributed by atoms with E-state index < -0.39 is 0 Å². The zero-order chi connectivity index (χ0) is 13.0. The monoisotopic (exact) mass is 274 g/mol. The SMILES string of the molecule is Cc1ccc(C(C)NC(=O)CC(C)N)cc1F.Cl. The Morgan fingerprint density at radius 3 is 2.56 bits per heavy atom. The summed E-state index contributed by atoms with van der Waals surface area (Å²) in [5, 5.41) is 2.79.